The minimum atomic E-state index is 0.0546. The molecule has 0 fully saturated rings. The van der Waals surface area contributed by atoms with Gasteiger partial charge in [-0.15, -0.1) is 0 Å². The quantitative estimate of drug-likeness (QED) is 0.192. The molecule has 4 heteroatoms. The van der Waals surface area contributed by atoms with Gasteiger partial charge in [-0.1, -0.05) is 79.3 Å². The van der Waals surface area contributed by atoms with Crippen LogP contribution in [-0.2, 0) is 0 Å². The van der Waals surface area contributed by atoms with Crippen molar-refractivity contribution < 1.29 is 0 Å². The van der Waals surface area contributed by atoms with E-state index in [-0.39, 0.29) is 6.71 Å². The van der Waals surface area contributed by atoms with Crippen LogP contribution < -0.4 is 16.4 Å². The van der Waals surface area contributed by atoms with Crippen LogP contribution in [0.2, 0.25) is 0 Å². The summed E-state index contributed by atoms with van der Waals surface area (Å²) >= 11 is 3.96. The molecule has 0 bridgehead atoms. The molecule has 41 heavy (non-hydrogen) atoms. The zero-order valence-corrected chi connectivity index (χ0v) is 27.3. The summed E-state index contributed by atoms with van der Waals surface area (Å²) in [6.07, 6.45) is 7.68. The summed E-state index contributed by atoms with van der Waals surface area (Å²) in [5, 5.41) is 0. The fraction of sp³-hybridized carbons (Fsp3) is 0.243. The van der Waals surface area contributed by atoms with E-state index in [2.05, 4.69) is 119 Å². The molecule has 0 aliphatic carbocycles. The average molecular weight is 601 g/mol. The predicted octanol–water partition coefficient (Wildman–Crippen LogP) is 7.87. The van der Waals surface area contributed by atoms with Crippen LogP contribution in [0.1, 0.15) is 50.1 Å². The summed E-state index contributed by atoms with van der Waals surface area (Å²) in [5.74, 6) is 0. The smallest absolute Gasteiger partial charge is 0.243 e. The Balaban J connectivity index is 1.95. The summed E-state index contributed by atoms with van der Waals surface area (Å²) < 4.78 is 1.19. The van der Waals surface area contributed by atoms with Crippen molar-refractivity contribution in [3.8, 4) is 22.3 Å². The second-order valence-electron chi connectivity index (χ2n) is 11.6. The second-order valence-corrected chi connectivity index (χ2v) is 12.4. The van der Waals surface area contributed by atoms with E-state index in [1.54, 1.807) is 0 Å². The predicted molar refractivity (Wildman–Crippen MR) is 181 cm³/mol. The minimum absolute atomic E-state index is 0.0546. The molecule has 5 rings (SSSR count). The number of halogens is 1. The van der Waals surface area contributed by atoms with Gasteiger partial charge in [-0.05, 0) is 119 Å². The van der Waals surface area contributed by atoms with Crippen LogP contribution in [0.3, 0.4) is 0 Å². The Kier molecular flexibility index (Phi) is 8.07. The van der Waals surface area contributed by atoms with Gasteiger partial charge in [0.05, 0.1) is 0 Å². The van der Waals surface area contributed by atoms with Crippen LogP contribution in [-0.4, -0.2) is 16.7 Å². The van der Waals surface area contributed by atoms with Crippen molar-refractivity contribution in [2.45, 2.75) is 62.3 Å². The lowest BCUT2D eigenvalue weighted by atomic mass is 9.32. The molecule has 2 nitrogen and oxygen atoms in total. The van der Waals surface area contributed by atoms with Gasteiger partial charge in [-0.3, -0.25) is 9.97 Å². The van der Waals surface area contributed by atoms with E-state index in [4.69, 9.17) is 0 Å². The average Bonchev–Trinajstić information content (AvgIpc) is 2.92. The number of aromatic nitrogens is 2. The van der Waals surface area contributed by atoms with Crippen molar-refractivity contribution in [2.75, 3.05) is 0 Å². The Hall–Kier alpha value is -3.50. The molecule has 0 aliphatic heterocycles. The Morgan fingerprint density at radius 1 is 0.512 bits per heavy atom. The van der Waals surface area contributed by atoms with E-state index in [0.717, 1.165) is 11.1 Å². The zero-order chi connectivity index (χ0) is 29.6. The Labute approximate surface area is 254 Å². The van der Waals surface area contributed by atoms with Crippen molar-refractivity contribution in [3.05, 3.63) is 122 Å². The number of hydrogen-bond acceptors (Lipinski definition) is 2. The number of benzene rings is 3. The Morgan fingerprint density at radius 2 is 0.902 bits per heavy atom. The number of pyridine rings is 2. The number of aryl methyl sites for hydroxylation is 6. The molecule has 0 saturated carbocycles. The van der Waals surface area contributed by atoms with Gasteiger partial charge in [0, 0.05) is 40.4 Å². The topological polar surface area (TPSA) is 25.8 Å². The third kappa shape index (κ3) is 5.08. The normalized spacial score (nSPS) is 11.2. The highest BCUT2D eigenvalue weighted by Gasteiger charge is 2.33. The standard InChI is InChI=1S/C37H38BBrN2/c1-21-16-23(3)34(27(7)32(21)30-12-10-14-40-19-30)38(36-25(5)18-26(6)37(39)29(36)9)35-24(4)17-22(2)33(28(35)8)31-13-11-15-41-20-31/h10-20H,1-9H3. The highest BCUT2D eigenvalue weighted by molar-refractivity contribution is 9.10. The van der Waals surface area contributed by atoms with E-state index in [1.165, 1.54) is 82.1 Å². The molecule has 0 amide bonds. The lowest BCUT2D eigenvalue weighted by Gasteiger charge is -2.30. The molecule has 0 aliphatic rings. The first kappa shape index (κ1) is 29.0. The van der Waals surface area contributed by atoms with Crippen LogP contribution >= 0.6 is 15.9 Å². The monoisotopic (exact) mass is 600 g/mol. The second kappa shape index (κ2) is 11.4. The molecule has 206 valence electrons. The summed E-state index contributed by atoms with van der Waals surface area (Å²) in [6.45, 7) is 20.4. The van der Waals surface area contributed by atoms with Gasteiger partial charge in [0.1, 0.15) is 0 Å². The molecule has 0 radical (unpaired) electrons. The van der Waals surface area contributed by atoms with Gasteiger partial charge in [-0.25, -0.2) is 0 Å². The molecule has 0 saturated heterocycles. The molecule has 0 unspecified atom stereocenters. The van der Waals surface area contributed by atoms with Gasteiger partial charge < -0.3 is 0 Å². The van der Waals surface area contributed by atoms with Crippen molar-refractivity contribution in [1.82, 2.24) is 9.97 Å². The van der Waals surface area contributed by atoms with Crippen LogP contribution in [0.5, 0.6) is 0 Å². The van der Waals surface area contributed by atoms with Crippen molar-refractivity contribution >= 4 is 39.0 Å². The van der Waals surface area contributed by atoms with Crippen LogP contribution in [0.25, 0.3) is 22.3 Å². The Morgan fingerprint density at radius 3 is 1.29 bits per heavy atom. The largest absolute Gasteiger partial charge is 0.264 e. The number of nitrogens with zero attached hydrogens (tertiary/aromatic N) is 2. The molecule has 2 heterocycles. The lowest BCUT2D eigenvalue weighted by Crippen LogP contribution is -2.57. The van der Waals surface area contributed by atoms with E-state index < -0.39 is 0 Å². The fourth-order valence-corrected chi connectivity index (χ4v) is 7.58. The zero-order valence-electron chi connectivity index (χ0n) is 25.7. The molecular formula is C37H38BBrN2. The summed E-state index contributed by atoms with van der Waals surface area (Å²) in [4.78, 5) is 8.95. The summed E-state index contributed by atoms with van der Waals surface area (Å²) in [7, 11) is 0. The first-order valence-electron chi connectivity index (χ1n) is 14.3. The van der Waals surface area contributed by atoms with E-state index in [0.29, 0.717) is 0 Å². The Bertz CT molecular complexity index is 1670. The van der Waals surface area contributed by atoms with Crippen molar-refractivity contribution in [2.24, 2.45) is 0 Å². The number of hydrogen-bond donors (Lipinski definition) is 0. The van der Waals surface area contributed by atoms with Gasteiger partial charge in [0.25, 0.3) is 0 Å². The van der Waals surface area contributed by atoms with Crippen molar-refractivity contribution in [1.29, 1.82) is 0 Å². The molecular weight excluding hydrogens is 563 g/mol. The number of rotatable bonds is 5. The maximum absolute atomic E-state index is 4.48. The van der Waals surface area contributed by atoms with Gasteiger partial charge >= 0.3 is 0 Å². The molecule has 3 aromatic carbocycles. The van der Waals surface area contributed by atoms with Crippen LogP contribution in [0.4, 0.5) is 0 Å². The minimum Gasteiger partial charge on any atom is -0.264 e. The fourth-order valence-electron chi connectivity index (χ4n) is 7.25. The third-order valence-electron chi connectivity index (χ3n) is 8.77. The summed E-state index contributed by atoms with van der Waals surface area (Å²) in [5.41, 5.74) is 20.7. The highest BCUT2D eigenvalue weighted by atomic mass is 79.9. The van der Waals surface area contributed by atoms with Gasteiger partial charge in [-0.2, -0.15) is 0 Å². The molecule has 5 aromatic rings. The maximum Gasteiger partial charge on any atom is 0.243 e. The van der Waals surface area contributed by atoms with Crippen molar-refractivity contribution in [3.63, 3.8) is 0 Å². The summed E-state index contributed by atoms with van der Waals surface area (Å²) in [6, 6.07) is 15.5. The van der Waals surface area contributed by atoms with E-state index in [1.807, 2.05) is 36.9 Å². The van der Waals surface area contributed by atoms with Gasteiger partial charge in [0.15, 0.2) is 0 Å². The first-order valence-corrected chi connectivity index (χ1v) is 15.1. The third-order valence-corrected chi connectivity index (χ3v) is 9.99. The van der Waals surface area contributed by atoms with Crippen LogP contribution in [0, 0.1) is 62.3 Å². The molecule has 0 spiro atoms. The van der Waals surface area contributed by atoms with E-state index >= 15 is 0 Å². The lowest BCUT2D eigenvalue weighted by molar-refractivity contribution is 1.29. The highest BCUT2D eigenvalue weighted by Crippen LogP contribution is 2.31. The molecule has 0 atom stereocenters. The maximum atomic E-state index is 4.48. The molecule has 0 N–H and O–H groups in total. The molecule has 2 aromatic heterocycles. The first-order chi connectivity index (χ1) is 19.5. The van der Waals surface area contributed by atoms with Crippen LogP contribution in [0.15, 0.2) is 71.7 Å². The van der Waals surface area contributed by atoms with E-state index in [9.17, 15) is 0 Å². The van der Waals surface area contributed by atoms with Gasteiger partial charge in [0.2, 0.25) is 6.71 Å². The SMILES string of the molecule is Cc1cc(C)c(B(c2c(C)cc(C)c(-c3cccnc3)c2C)c2c(C)cc(C)c(-c3cccnc3)c2C)c(C)c1Br.